The molecule has 1 aromatic rings. The number of H-pyrrole nitrogens is 1. The normalized spacial score (nSPS) is 10.5. The second-order valence-electron chi connectivity index (χ2n) is 2.91. The number of aromatic nitrogens is 4. The number of nitrogens with zero attached hydrogens (tertiary/aromatic N) is 3. The molecule has 1 heterocycles. The van der Waals surface area contributed by atoms with E-state index in [9.17, 15) is 4.79 Å². The SMILES string of the molecule is CC(C)OCCNC(=O)c1nn[nH]n1. The van der Waals surface area contributed by atoms with Crippen LogP contribution in [0, 0.1) is 0 Å². The van der Waals surface area contributed by atoms with Crippen molar-refractivity contribution in [3.05, 3.63) is 5.82 Å². The Morgan fingerprint density at radius 1 is 1.64 bits per heavy atom. The number of rotatable bonds is 5. The Balaban J connectivity index is 2.16. The number of aromatic amines is 1. The summed E-state index contributed by atoms with van der Waals surface area (Å²) in [5.41, 5.74) is 0. The minimum absolute atomic E-state index is 0.0366. The third kappa shape index (κ3) is 3.48. The summed E-state index contributed by atoms with van der Waals surface area (Å²) in [7, 11) is 0. The molecule has 0 saturated carbocycles. The van der Waals surface area contributed by atoms with Gasteiger partial charge in [0.05, 0.1) is 12.7 Å². The topological polar surface area (TPSA) is 92.8 Å². The van der Waals surface area contributed by atoms with Gasteiger partial charge in [-0.2, -0.15) is 5.21 Å². The van der Waals surface area contributed by atoms with Crippen LogP contribution >= 0.6 is 0 Å². The van der Waals surface area contributed by atoms with Crippen LogP contribution in [0.1, 0.15) is 24.5 Å². The van der Waals surface area contributed by atoms with Crippen LogP contribution in [0.2, 0.25) is 0 Å². The minimum atomic E-state index is -0.355. The van der Waals surface area contributed by atoms with Crippen molar-refractivity contribution in [2.75, 3.05) is 13.2 Å². The van der Waals surface area contributed by atoms with Gasteiger partial charge in [-0.25, -0.2) is 0 Å². The number of tetrazole rings is 1. The maximum atomic E-state index is 11.2. The van der Waals surface area contributed by atoms with Crippen molar-refractivity contribution < 1.29 is 9.53 Å². The van der Waals surface area contributed by atoms with Crippen molar-refractivity contribution >= 4 is 5.91 Å². The monoisotopic (exact) mass is 199 g/mol. The number of hydrogen-bond donors (Lipinski definition) is 2. The third-order valence-corrected chi connectivity index (χ3v) is 1.39. The molecule has 1 rings (SSSR count). The van der Waals surface area contributed by atoms with Crippen LogP contribution in [0.5, 0.6) is 0 Å². The highest BCUT2D eigenvalue weighted by molar-refractivity contribution is 5.89. The molecule has 78 valence electrons. The number of carbonyl (C=O) groups is 1. The molecule has 1 aromatic heterocycles. The fourth-order valence-corrected chi connectivity index (χ4v) is 0.796. The van der Waals surface area contributed by atoms with E-state index in [-0.39, 0.29) is 17.8 Å². The van der Waals surface area contributed by atoms with Gasteiger partial charge in [0, 0.05) is 6.54 Å². The fourth-order valence-electron chi connectivity index (χ4n) is 0.796. The highest BCUT2D eigenvalue weighted by atomic mass is 16.5. The first-order valence-electron chi connectivity index (χ1n) is 4.33. The predicted octanol–water partition coefficient (Wildman–Crippen LogP) is -0.646. The molecule has 1 amide bonds. The van der Waals surface area contributed by atoms with Crippen molar-refractivity contribution in [2.45, 2.75) is 20.0 Å². The number of amides is 1. The zero-order valence-electron chi connectivity index (χ0n) is 8.15. The van der Waals surface area contributed by atoms with Gasteiger partial charge in [-0.05, 0) is 19.1 Å². The summed E-state index contributed by atoms with van der Waals surface area (Å²) in [6.07, 6.45) is 0.164. The van der Waals surface area contributed by atoms with E-state index in [0.29, 0.717) is 13.2 Å². The molecule has 7 heteroatoms. The molecule has 0 spiro atoms. The van der Waals surface area contributed by atoms with E-state index in [2.05, 4.69) is 25.9 Å². The van der Waals surface area contributed by atoms with E-state index in [0.717, 1.165) is 0 Å². The van der Waals surface area contributed by atoms with Crippen LogP contribution in [0.15, 0.2) is 0 Å². The number of carbonyl (C=O) groups excluding carboxylic acids is 1. The van der Waals surface area contributed by atoms with Crippen molar-refractivity contribution in [3.63, 3.8) is 0 Å². The Morgan fingerprint density at radius 3 is 3.00 bits per heavy atom. The lowest BCUT2D eigenvalue weighted by atomic mass is 10.5. The van der Waals surface area contributed by atoms with Crippen LogP contribution < -0.4 is 5.32 Å². The fraction of sp³-hybridized carbons (Fsp3) is 0.714. The van der Waals surface area contributed by atoms with E-state index < -0.39 is 0 Å². The molecule has 0 radical (unpaired) electrons. The van der Waals surface area contributed by atoms with Gasteiger partial charge in [0.25, 0.3) is 11.7 Å². The number of nitrogens with one attached hydrogen (secondary N) is 2. The zero-order chi connectivity index (χ0) is 10.4. The van der Waals surface area contributed by atoms with Gasteiger partial charge in [0.2, 0.25) is 0 Å². The Hall–Kier alpha value is -1.50. The van der Waals surface area contributed by atoms with E-state index >= 15 is 0 Å². The molecule has 0 aliphatic rings. The lowest BCUT2D eigenvalue weighted by Crippen LogP contribution is -2.28. The molecule has 7 nitrogen and oxygen atoms in total. The summed E-state index contributed by atoms with van der Waals surface area (Å²) in [6.45, 7) is 4.77. The molecular formula is C7H13N5O2. The number of hydrogen-bond acceptors (Lipinski definition) is 5. The minimum Gasteiger partial charge on any atom is -0.377 e. The molecule has 0 saturated heterocycles. The quantitative estimate of drug-likeness (QED) is 0.615. The highest BCUT2D eigenvalue weighted by Gasteiger charge is 2.08. The second kappa shape index (κ2) is 5.28. The summed E-state index contributed by atoms with van der Waals surface area (Å²) >= 11 is 0. The average molecular weight is 199 g/mol. The Kier molecular flexibility index (Phi) is 3.99. The Morgan fingerprint density at radius 2 is 2.43 bits per heavy atom. The average Bonchev–Trinajstić information content (AvgIpc) is 2.64. The first kappa shape index (κ1) is 10.6. The van der Waals surface area contributed by atoms with E-state index in [1.54, 1.807) is 0 Å². The maximum Gasteiger partial charge on any atom is 0.292 e. The summed E-state index contributed by atoms with van der Waals surface area (Å²) in [5.74, 6) is -0.319. The summed E-state index contributed by atoms with van der Waals surface area (Å²) in [6, 6.07) is 0. The molecule has 0 atom stereocenters. The highest BCUT2D eigenvalue weighted by Crippen LogP contribution is 1.86. The molecule has 0 aliphatic carbocycles. The molecule has 14 heavy (non-hydrogen) atoms. The first-order chi connectivity index (χ1) is 6.70. The van der Waals surface area contributed by atoms with Gasteiger partial charge in [-0.3, -0.25) is 4.79 Å². The van der Waals surface area contributed by atoms with Gasteiger partial charge < -0.3 is 10.1 Å². The molecule has 0 aliphatic heterocycles. The standard InChI is InChI=1S/C7H13N5O2/c1-5(2)14-4-3-8-7(13)6-9-11-12-10-6/h5H,3-4H2,1-2H3,(H,8,13)(H,9,10,11,12). The molecule has 0 fully saturated rings. The second-order valence-corrected chi connectivity index (χ2v) is 2.91. The van der Waals surface area contributed by atoms with E-state index in [4.69, 9.17) is 4.74 Å². The van der Waals surface area contributed by atoms with Crippen molar-refractivity contribution in [2.24, 2.45) is 0 Å². The summed E-state index contributed by atoms with van der Waals surface area (Å²) < 4.78 is 5.23. The largest absolute Gasteiger partial charge is 0.377 e. The van der Waals surface area contributed by atoms with Gasteiger partial charge in [-0.1, -0.05) is 0 Å². The first-order valence-corrected chi connectivity index (χ1v) is 4.33. The van der Waals surface area contributed by atoms with Gasteiger partial charge in [0.15, 0.2) is 0 Å². The van der Waals surface area contributed by atoms with Crippen molar-refractivity contribution in [1.29, 1.82) is 0 Å². The zero-order valence-corrected chi connectivity index (χ0v) is 8.15. The molecule has 2 N–H and O–H groups in total. The lowest BCUT2D eigenvalue weighted by molar-refractivity contribution is 0.0743. The van der Waals surface area contributed by atoms with Crippen LogP contribution in [0.4, 0.5) is 0 Å². The molecule has 0 aromatic carbocycles. The van der Waals surface area contributed by atoms with E-state index in [1.807, 2.05) is 13.8 Å². The van der Waals surface area contributed by atoms with E-state index in [1.165, 1.54) is 0 Å². The van der Waals surface area contributed by atoms with Gasteiger partial charge >= 0.3 is 0 Å². The predicted molar refractivity (Wildman–Crippen MR) is 47.6 cm³/mol. The van der Waals surface area contributed by atoms with Crippen molar-refractivity contribution in [1.82, 2.24) is 25.9 Å². The third-order valence-electron chi connectivity index (χ3n) is 1.39. The Bertz CT molecular complexity index is 272. The number of ether oxygens (including phenoxy) is 1. The van der Waals surface area contributed by atoms with Gasteiger partial charge in [0.1, 0.15) is 0 Å². The van der Waals surface area contributed by atoms with Gasteiger partial charge in [-0.15, -0.1) is 10.2 Å². The maximum absolute atomic E-state index is 11.2. The van der Waals surface area contributed by atoms with Crippen LogP contribution in [0.3, 0.4) is 0 Å². The molecule has 0 unspecified atom stereocenters. The van der Waals surface area contributed by atoms with Crippen LogP contribution in [0.25, 0.3) is 0 Å². The summed E-state index contributed by atoms with van der Waals surface area (Å²) in [4.78, 5) is 11.2. The summed E-state index contributed by atoms with van der Waals surface area (Å²) in [5, 5.41) is 15.1. The lowest BCUT2D eigenvalue weighted by Gasteiger charge is -2.06. The van der Waals surface area contributed by atoms with Crippen molar-refractivity contribution in [3.8, 4) is 0 Å². The van der Waals surface area contributed by atoms with Crippen LogP contribution in [-0.4, -0.2) is 45.8 Å². The Labute approximate surface area is 81.2 Å². The smallest absolute Gasteiger partial charge is 0.292 e. The molecular weight excluding hydrogens is 186 g/mol. The van der Waals surface area contributed by atoms with Crippen LogP contribution in [-0.2, 0) is 4.74 Å². The molecule has 0 bridgehead atoms.